The molecule has 0 aliphatic carbocycles. The maximum absolute atomic E-state index is 12.0. The van der Waals surface area contributed by atoms with E-state index in [0.717, 1.165) is 0 Å². The van der Waals surface area contributed by atoms with Gasteiger partial charge in [0.15, 0.2) is 0 Å². The molecule has 23 heavy (non-hydrogen) atoms. The number of anilines is 2. The molecule has 0 aliphatic heterocycles. The lowest BCUT2D eigenvalue weighted by molar-refractivity contribution is -0.385. The van der Waals surface area contributed by atoms with Crippen LogP contribution in [0.5, 0.6) is 5.75 Å². The van der Waals surface area contributed by atoms with Gasteiger partial charge < -0.3 is 15.4 Å². The van der Waals surface area contributed by atoms with Crippen molar-refractivity contribution in [1.82, 2.24) is 0 Å². The average molecular weight is 315 g/mol. The maximum Gasteiger partial charge on any atom is 0.274 e. The normalized spacial score (nSPS) is 10.0. The molecule has 0 fully saturated rings. The SMILES string of the molecule is COc1ccccc1NC(=O)CNc1cccc([N+](=O)[O-])c1C. The molecular formula is C16H17N3O4. The Labute approximate surface area is 133 Å². The van der Waals surface area contributed by atoms with Gasteiger partial charge in [0, 0.05) is 17.3 Å². The molecule has 0 bridgehead atoms. The number of nitro groups is 1. The lowest BCUT2D eigenvalue weighted by Crippen LogP contribution is -2.22. The highest BCUT2D eigenvalue weighted by molar-refractivity contribution is 5.95. The van der Waals surface area contributed by atoms with Gasteiger partial charge in [-0.1, -0.05) is 18.2 Å². The molecule has 0 unspecified atom stereocenters. The predicted octanol–water partition coefficient (Wildman–Crippen LogP) is 2.96. The van der Waals surface area contributed by atoms with Crippen molar-refractivity contribution < 1.29 is 14.5 Å². The van der Waals surface area contributed by atoms with E-state index in [1.807, 2.05) is 0 Å². The summed E-state index contributed by atoms with van der Waals surface area (Å²) in [6.07, 6.45) is 0. The molecule has 2 aromatic rings. The minimum Gasteiger partial charge on any atom is -0.495 e. The molecule has 7 nitrogen and oxygen atoms in total. The van der Waals surface area contributed by atoms with Crippen LogP contribution < -0.4 is 15.4 Å². The van der Waals surface area contributed by atoms with E-state index in [1.54, 1.807) is 43.3 Å². The molecule has 1 amide bonds. The van der Waals surface area contributed by atoms with Gasteiger partial charge in [-0.3, -0.25) is 14.9 Å². The van der Waals surface area contributed by atoms with Gasteiger partial charge in [-0.2, -0.15) is 0 Å². The van der Waals surface area contributed by atoms with Crippen LogP contribution in [0.25, 0.3) is 0 Å². The summed E-state index contributed by atoms with van der Waals surface area (Å²) in [7, 11) is 1.52. The summed E-state index contributed by atoms with van der Waals surface area (Å²) in [5, 5.41) is 16.5. The van der Waals surface area contributed by atoms with E-state index in [2.05, 4.69) is 10.6 Å². The first-order chi connectivity index (χ1) is 11.0. The monoisotopic (exact) mass is 315 g/mol. The summed E-state index contributed by atoms with van der Waals surface area (Å²) in [5.74, 6) is 0.285. The minimum absolute atomic E-state index is 0.0138. The molecule has 0 saturated carbocycles. The van der Waals surface area contributed by atoms with Gasteiger partial charge in [0.25, 0.3) is 5.69 Å². The van der Waals surface area contributed by atoms with Crippen molar-refractivity contribution >= 4 is 23.0 Å². The van der Waals surface area contributed by atoms with E-state index in [9.17, 15) is 14.9 Å². The number of rotatable bonds is 6. The summed E-state index contributed by atoms with van der Waals surface area (Å²) in [6.45, 7) is 1.62. The third kappa shape index (κ3) is 3.97. The van der Waals surface area contributed by atoms with Gasteiger partial charge >= 0.3 is 0 Å². The van der Waals surface area contributed by atoms with Crippen LogP contribution in [0.15, 0.2) is 42.5 Å². The molecule has 0 spiro atoms. The number of carbonyl (C=O) groups excluding carboxylic acids is 1. The maximum atomic E-state index is 12.0. The first kappa shape index (κ1) is 16.3. The van der Waals surface area contributed by atoms with Gasteiger partial charge in [-0.15, -0.1) is 0 Å². The lowest BCUT2D eigenvalue weighted by atomic mass is 10.1. The summed E-state index contributed by atoms with van der Waals surface area (Å²) in [4.78, 5) is 22.5. The Kier molecular flexibility index (Phi) is 5.14. The standard InChI is InChI=1S/C16H17N3O4/c1-11-12(7-5-8-14(11)19(21)22)17-10-16(20)18-13-6-3-4-9-15(13)23-2/h3-9,17H,10H2,1-2H3,(H,18,20). The number of nitro benzene ring substituents is 1. The average Bonchev–Trinajstić information content (AvgIpc) is 2.54. The highest BCUT2D eigenvalue weighted by atomic mass is 16.6. The van der Waals surface area contributed by atoms with Crippen LogP contribution in [-0.4, -0.2) is 24.5 Å². The van der Waals surface area contributed by atoms with Gasteiger partial charge in [-0.05, 0) is 25.1 Å². The smallest absolute Gasteiger partial charge is 0.274 e. The lowest BCUT2D eigenvalue weighted by Gasteiger charge is -2.12. The van der Waals surface area contributed by atoms with Crippen LogP contribution in [0.2, 0.25) is 0 Å². The molecule has 2 aromatic carbocycles. The zero-order valence-electron chi connectivity index (χ0n) is 12.8. The van der Waals surface area contributed by atoms with E-state index in [1.165, 1.54) is 13.2 Å². The van der Waals surface area contributed by atoms with Gasteiger partial charge in [0.2, 0.25) is 5.91 Å². The summed E-state index contributed by atoms with van der Waals surface area (Å²) in [6, 6.07) is 11.8. The number of methoxy groups -OCH3 is 1. The number of hydrogen-bond acceptors (Lipinski definition) is 5. The van der Waals surface area contributed by atoms with Crippen molar-refractivity contribution in [3.63, 3.8) is 0 Å². The Morgan fingerprint density at radius 2 is 1.87 bits per heavy atom. The third-order valence-corrected chi connectivity index (χ3v) is 3.32. The van der Waals surface area contributed by atoms with Crippen molar-refractivity contribution in [3.8, 4) is 5.75 Å². The summed E-state index contributed by atoms with van der Waals surface area (Å²) >= 11 is 0. The van der Waals surface area contributed by atoms with Crippen LogP contribution in [0.1, 0.15) is 5.56 Å². The number of carbonyl (C=O) groups is 1. The zero-order valence-corrected chi connectivity index (χ0v) is 12.8. The number of nitrogens with zero attached hydrogens (tertiary/aromatic N) is 1. The molecule has 0 aromatic heterocycles. The van der Waals surface area contributed by atoms with E-state index in [4.69, 9.17) is 4.74 Å². The molecule has 2 N–H and O–H groups in total. The summed E-state index contributed by atoms with van der Waals surface area (Å²) < 4.78 is 5.16. The number of benzene rings is 2. The Hall–Kier alpha value is -3.09. The van der Waals surface area contributed by atoms with E-state index in [0.29, 0.717) is 22.7 Å². The fraction of sp³-hybridized carbons (Fsp3) is 0.188. The Morgan fingerprint density at radius 1 is 1.17 bits per heavy atom. The van der Waals surface area contributed by atoms with Crippen molar-refractivity contribution in [2.24, 2.45) is 0 Å². The van der Waals surface area contributed by atoms with Crippen molar-refractivity contribution in [1.29, 1.82) is 0 Å². The predicted molar refractivity (Wildman–Crippen MR) is 87.9 cm³/mol. The molecule has 120 valence electrons. The van der Waals surface area contributed by atoms with Crippen molar-refractivity contribution in [2.45, 2.75) is 6.92 Å². The highest BCUT2D eigenvalue weighted by Gasteiger charge is 2.14. The van der Waals surface area contributed by atoms with Crippen molar-refractivity contribution in [2.75, 3.05) is 24.3 Å². The molecule has 0 atom stereocenters. The van der Waals surface area contributed by atoms with Gasteiger partial charge in [-0.25, -0.2) is 0 Å². The number of ether oxygens (including phenoxy) is 1. The Bertz CT molecular complexity index is 731. The highest BCUT2D eigenvalue weighted by Crippen LogP contribution is 2.25. The van der Waals surface area contributed by atoms with Crippen LogP contribution in [0.3, 0.4) is 0 Å². The summed E-state index contributed by atoms with van der Waals surface area (Å²) in [5.41, 5.74) is 1.62. The topological polar surface area (TPSA) is 93.5 Å². The first-order valence-corrected chi connectivity index (χ1v) is 6.93. The quantitative estimate of drug-likeness (QED) is 0.631. The van der Waals surface area contributed by atoms with E-state index in [-0.39, 0.29) is 18.1 Å². The van der Waals surface area contributed by atoms with Crippen LogP contribution >= 0.6 is 0 Å². The Morgan fingerprint density at radius 3 is 2.57 bits per heavy atom. The van der Waals surface area contributed by atoms with Crippen LogP contribution in [-0.2, 0) is 4.79 Å². The minimum atomic E-state index is -0.449. The van der Waals surface area contributed by atoms with E-state index >= 15 is 0 Å². The zero-order chi connectivity index (χ0) is 16.8. The van der Waals surface area contributed by atoms with Crippen molar-refractivity contribution in [3.05, 3.63) is 58.1 Å². The first-order valence-electron chi connectivity index (χ1n) is 6.93. The second-order valence-electron chi connectivity index (χ2n) is 4.81. The second-order valence-corrected chi connectivity index (χ2v) is 4.81. The van der Waals surface area contributed by atoms with Crippen LogP contribution in [0, 0.1) is 17.0 Å². The van der Waals surface area contributed by atoms with Gasteiger partial charge in [0.1, 0.15) is 5.75 Å². The largest absolute Gasteiger partial charge is 0.495 e. The number of hydrogen-bond donors (Lipinski definition) is 2. The molecule has 7 heteroatoms. The molecule has 0 radical (unpaired) electrons. The van der Waals surface area contributed by atoms with E-state index < -0.39 is 4.92 Å². The Balaban J connectivity index is 2.02. The van der Waals surface area contributed by atoms with Gasteiger partial charge in [0.05, 0.1) is 24.3 Å². The molecular weight excluding hydrogens is 298 g/mol. The molecule has 0 aliphatic rings. The molecule has 2 rings (SSSR count). The number of amides is 1. The fourth-order valence-corrected chi connectivity index (χ4v) is 2.13. The fourth-order valence-electron chi connectivity index (χ4n) is 2.13. The molecule has 0 saturated heterocycles. The molecule has 0 heterocycles. The number of para-hydroxylation sites is 2. The third-order valence-electron chi connectivity index (χ3n) is 3.32. The second kappa shape index (κ2) is 7.26. The number of nitrogens with one attached hydrogen (secondary N) is 2. The van der Waals surface area contributed by atoms with Crippen LogP contribution in [0.4, 0.5) is 17.1 Å².